The minimum atomic E-state index is -0.607. The van der Waals surface area contributed by atoms with Crippen molar-refractivity contribution in [2.45, 2.75) is 12.5 Å². The summed E-state index contributed by atoms with van der Waals surface area (Å²) in [6, 6.07) is 0. The lowest BCUT2D eigenvalue weighted by Gasteiger charge is -2.10. The molecule has 8 heteroatoms. The van der Waals surface area contributed by atoms with E-state index in [0.717, 1.165) is 6.20 Å². The molecule has 1 aliphatic rings. The van der Waals surface area contributed by atoms with E-state index in [-0.39, 0.29) is 23.6 Å². The van der Waals surface area contributed by atoms with E-state index in [1.165, 1.54) is 0 Å². The van der Waals surface area contributed by atoms with Crippen LogP contribution in [-0.4, -0.2) is 34.2 Å². The van der Waals surface area contributed by atoms with E-state index >= 15 is 0 Å². The number of hydrogen-bond acceptors (Lipinski definition) is 7. The van der Waals surface area contributed by atoms with Gasteiger partial charge in [-0.3, -0.25) is 10.1 Å². The molecule has 2 N–H and O–H groups in total. The second-order valence-electron chi connectivity index (χ2n) is 3.28. The molecule has 16 heavy (non-hydrogen) atoms. The maximum atomic E-state index is 10.7. The minimum Gasteiger partial charge on any atom is -0.467 e. The summed E-state index contributed by atoms with van der Waals surface area (Å²) >= 11 is 0. The van der Waals surface area contributed by atoms with Gasteiger partial charge in [-0.2, -0.15) is 4.98 Å². The summed E-state index contributed by atoms with van der Waals surface area (Å²) in [6.45, 7) is 0.986. The maximum Gasteiger partial charge on any atom is 0.349 e. The van der Waals surface area contributed by atoms with E-state index in [0.29, 0.717) is 19.6 Å². The summed E-state index contributed by atoms with van der Waals surface area (Å²) in [7, 11) is 0. The van der Waals surface area contributed by atoms with E-state index < -0.39 is 4.92 Å². The molecule has 0 bridgehead atoms. The van der Waals surface area contributed by atoms with Crippen molar-refractivity contribution >= 4 is 11.6 Å². The van der Waals surface area contributed by atoms with Crippen LogP contribution in [-0.2, 0) is 4.74 Å². The van der Waals surface area contributed by atoms with Gasteiger partial charge in [0.1, 0.15) is 12.3 Å². The van der Waals surface area contributed by atoms with E-state index in [1.807, 2.05) is 0 Å². The smallest absolute Gasteiger partial charge is 0.349 e. The Morgan fingerprint density at radius 1 is 1.69 bits per heavy atom. The van der Waals surface area contributed by atoms with Crippen molar-refractivity contribution in [1.82, 2.24) is 9.97 Å². The van der Waals surface area contributed by atoms with Gasteiger partial charge >= 0.3 is 5.69 Å². The molecule has 1 atom stereocenters. The second-order valence-corrected chi connectivity index (χ2v) is 3.28. The van der Waals surface area contributed by atoms with Crippen LogP contribution >= 0.6 is 0 Å². The zero-order valence-electron chi connectivity index (χ0n) is 8.33. The molecular formula is C8H10N4O4. The van der Waals surface area contributed by atoms with E-state index in [4.69, 9.17) is 15.2 Å². The van der Waals surface area contributed by atoms with Gasteiger partial charge in [0, 0.05) is 6.42 Å². The molecule has 1 saturated heterocycles. The first-order valence-corrected chi connectivity index (χ1v) is 4.68. The molecule has 1 unspecified atom stereocenters. The molecular weight excluding hydrogens is 216 g/mol. The zero-order chi connectivity index (χ0) is 11.5. The number of anilines is 1. The van der Waals surface area contributed by atoms with Crippen LogP contribution in [0.2, 0.25) is 0 Å². The van der Waals surface area contributed by atoms with E-state index in [2.05, 4.69) is 9.97 Å². The highest BCUT2D eigenvalue weighted by molar-refractivity contribution is 5.41. The number of aromatic nitrogens is 2. The molecule has 0 aromatic carbocycles. The molecule has 0 radical (unpaired) electrons. The third-order valence-electron chi connectivity index (χ3n) is 2.12. The van der Waals surface area contributed by atoms with Crippen LogP contribution in [0.4, 0.5) is 11.6 Å². The lowest BCUT2D eigenvalue weighted by molar-refractivity contribution is -0.386. The van der Waals surface area contributed by atoms with Gasteiger partial charge in [0.25, 0.3) is 5.88 Å². The number of hydrogen-bond donors (Lipinski definition) is 1. The van der Waals surface area contributed by atoms with Crippen molar-refractivity contribution in [2.24, 2.45) is 0 Å². The first-order valence-electron chi connectivity index (χ1n) is 4.68. The molecule has 1 aliphatic heterocycles. The van der Waals surface area contributed by atoms with Crippen LogP contribution in [0.1, 0.15) is 6.42 Å². The number of rotatable bonds is 3. The van der Waals surface area contributed by atoms with Crippen LogP contribution in [0.25, 0.3) is 0 Å². The second kappa shape index (κ2) is 4.27. The van der Waals surface area contributed by atoms with Crippen molar-refractivity contribution in [3.8, 4) is 5.88 Å². The Balaban J connectivity index is 2.22. The Bertz CT molecular complexity index is 405. The average molecular weight is 226 g/mol. The quantitative estimate of drug-likeness (QED) is 0.575. The minimum absolute atomic E-state index is 0.0560. The molecule has 1 fully saturated rings. The van der Waals surface area contributed by atoms with Gasteiger partial charge in [0.05, 0.1) is 18.1 Å². The lowest BCUT2D eigenvalue weighted by Crippen LogP contribution is -2.17. The van der Waals surface area contributed by atoms with Crippen LogP contribution in [0, 0.1) is 10.1 Å². The van der Waals surface area contributed by atoms with Gasteiger partial charge in [-0.25, -0.2) is 4.98 Å². The number of nitrogens with zero attached hydrogens (tertiary/aromatic N) is 3. The topological polar surface area (TPSA) is 113 Å². The molecule has 2 rings (SSSR count). The van der Waals surface area contributed by atoms with E-state index in [9.17, 15) is 10.1 Å². The number of nitrogen functional groups attached to an aromatic ring is 1. The molecule has 8 nitrogen and oxygen atoms in total. The average Bonchev–Trinajstić information content (AvgIpc) is 2.70. The van der Waals surface area contributed by atoms with Crippen molar-refractivity contribution in [2.75, 3.05) is 18.9 Å². The van der Waals surface area contributed by atoms with Crippen LogP contribution in [0.15, 0.2) is 6.20 Å². The number of ether oxygens (including phenoxy) is 2. The van der Waals surface area contributed by atoms with Crippen LogP contribution in [0.3, 0.4) is 0 Å². The SMILES string of the molecule is Nc1ncc([N+](=O)[O-])c(OC2CCOC2)n1. The largest absolute Gasteiger partial charge is 0.467 e. The predicted molar refractivity (Wildman–Crippen MR) is 53.0 cm³/mol. The highest BCUT2D eigenvalue weighted by atomic mass is 16.6. The fourth-order valence-electron chi connectivity index (χ4n) is 1.35. The monoisotopic (exact) mass is 226 g/mol. The van der Waals surface area contributed by atoms with E-state index in [1.54, 1.807) is 0 Å². The summed E-state index contributed by atoms with van der Waals surface area (Å²) in [4.78, 5) is 17.3. The summed E-state index contributed by atoms with van der Waals surface area (Å²) in [5, 5.41) is 10.7. The highest BCUT2D eigenvalue weighted by Gasteiger charge is 2.24. The third-order valence-corrected chi connectivity index (χ3v) is 2.12. The molecule has 1 aromatic heterocycles. The molecule has 0 amide bonds. The Kier molecular flexibility index (Phi) is 2.82. The van der Waals surface area contributed by atoms with Gasteiger partial charge in [-0.05, 0) is 0 Å². The summed E-state index contributed by atoms with van der Waals surface area (Å²) in [6.07, 6.45) is 1.50. The molecule has 0 aliphatic carbocycles. The van der Waals surface area contributed by atoms with Gasteiger partial charge in [0.2, 0.25) is 5.95 Å². The molecule has 2 heterocycles. The molecule has 0 spiro atoms. The van der Waals surface area contributed by atoms with Gasteiger partial charge in [-0.15, -0.1) is 0 Å². The van der Waals surface area contributed by atoms with Crippen molar-refractivity contribution in [3.05, 3.63) is 16.3 Å². The van der Waals surface area contributed by atoms with Crippen molar-refractivity contribution in [1.29, 1.82) is 0 Å². The molecule has 86 valence electrons. The maximum absolute atomic E-state index is 10.7. The Morgan fingerprint density at radius 2 is 2.50 bits per heavy atom. The molecule has 0 saturated carbocycles. The van der Waals surface area contributed by atoms with Crippen LogP contribution in [0.5, 0.6) is 5.88 Å². The van der Waals surface area contributed by atoms with Gasteiger partial charge in [-0.1, -0.05) is 0 Å². The Labute approximate surface area is 90.5 Å². The fraction of sp³-hybridized carbons (Fsp3) is 0.500. The lowest BCUT2D eigenvalue weighted by atomic mass is 10.3. The first kappa shape index (κ1) is 10.6. The predicted octanol–water partition coefficient (Wildman–Crippen LogP) is 0.135. The zero-order valence-corrected chi connectivity index (χ0v) is 8.33. The highest BCUT2D eigenvalue weighted by Crippen LogP contribution is 2.26. The summed E-state index contributed by atoms with van der Waals surface area (Å²) in [5.74, 6) is -0.160. The number of nitrogens with two attached hydrogens (primary N) is 1. The first-order chi connectivity index (χ1) is 7.66. The summed E-state index contributed by atoms with van der Waals surface area (Å²) in [5.41, 5.74) is 5.06. The van der Waals surface area contributed by atoms with Crippen LogP contribution < -0.4 is 10.5 Å². The van der Waals surface area contributed by atoms with Crippen molar-refractivity contribution < 1.29 is 14.4 Å². The summed E-state index contributed by atoms with van der Waals surface area (Å²) < 4.78 is 10.4. The van der Waals surface area contributed by atoms with Gasteiger partial charge in [0.15, 0.2) is 0 Å². The molecule has 1 aromatic rings. The van der Waals surface area contributed by atoms with Crippen molar-refractivity contribution in [3.63, 3.8) is 0 Å². The standard InChI is InChI=1S/C8H10N4O4/c9-8-10-3-6(12(13)14)7(11-8)16-5-1-2-15-4-5/h3,5H,1-2,4H2,(H2,9,10,11). The number of nitro groups is 1. The fourth-order valence-corrected chi connectivity index (χ4v) is 1.35. The normalized spacial score (nSPS) is 19.6. The Morgan fingerprint density at radius 3 is 3.12 bits per heavy atom. The Hall–Kier alpha value is -1.96. The third kappa shape index (κ3) is 2.16. The van der Waals surface area contributed by atoms with Gasteiger partial charge < -0.3 is 15.2 Å².